The third-order valence-corrected chi connectivity index (χ3v) is 4.38. The standard InChI is InChI=1S/C14H27NO2/c1-3-15-13(12-6-5-7-12)14(17-4-2)8-10-16-11-9-14/h12-13,15H,3-11H2,1-2H3. The minimum atomic E-state index is 0.0358. The van der Waals surface area contributed by atoms with Crippen LogP contribution in [0.15, 0.2) is 0 Å². The van der Waals surface area contributed by atoms with Crippen LogP contribution >= 0.6 is 0 Å². The van der Waals surface area contributed by atoms with E-state index in [1.165, 1.54) is 19.3 Å². The minimum Gasteiger partial charge on any atom is -0.381 e. The van der Waals surface area contributed by atoms with Crippen molar-refractivity contribution in [1.82, 2.24) is 5.32 Å². The monoisotopic (exact) mass is 241 g/mol. The summed E-state index contributed by atoms with van der Waals surface area (Å²) < 4.78 is 11.7. The van der Waals surface area contributed by atoms with Gasteiger partial charge >= 0.3 is 0 Å². The molecule has 0 amide bonds. The van der Waals surface area contributed by atoms with E-state index in [1.54, 1.807) is 0 Å². The average Bonchev–Trinajstić information content (AvgIpc) is 2.28. The van der Waals surface area contributed by atoms with Crippen LogP contribution in [0, 0.1) is 5.92 Å². The van der Waals surface area contributed by atoms with E-state index >= 15 is 0 Å². The molecule has 0 aromatic carbocycles. The lowest BCUT2D eigenvalue weighted by molar-refractivity contribution is -0.141. The van der Waals surface area contributed by atoms with Gasteiger partial charge in [0.1, 0.15) is 0 Å². The van der Waals surface area contributed by atoms with Gasteiger partial charge in [-0.25, -0.2) is 0 Å². The highest BCUT2D eigenvalue weighted by Crippen LogP contribution is 2.40. The fourth-order valence-corrected chi connectivity index (χ4v) is 3.32. The molecule has 1 aliphatic heterocycles. The van der Waals surface area contributed by atoms with Gasteiger partial charge in [0.25, 0.3) is 0 Å². The van der Waals surface area contributed by atoms with Crippen molar-refractivity contribution in [3.8, 4) is 0 Å². The number of nitrogens with one attached hydrogen (secondary N) is 1. The van der Waals surface area contributed by atoms with Crippen LogP contribution in [-0.4, -0.2) is 38.0 Å². The molecule has 0 aromatic heterocycles. The molecule has 100 valence electrons. The zero-order valence-electron chi connectivity index (χ0n) is 11.3. The molecule has 1 unspecified atom stereocenters. The summed E-state index contributed by atoms with van der Waals surface area (Å²) in [7, 11) is 0. The van der Waals surface area contributed by atoms with Crippen molar-refractivity contribution in [3.05, 3.63) is 0 Å². The van der Waals surface area contributed by atoms with Crippen LogP contribution in [0.4, 0.5) is 0 Å². The van der Waals surface area contributed by atoms with Crippen molar-refractivity contribution in [2.45, 2.75) is 57.6 Å². The van der Waals surface area contributed by atoms with E-state index in [0.717, 1.165) is 45.1 Å². The summed E-state index contributed by atoms with van der Waals surface area (Å²) in [5.41, 5.74) is 0.0358. The summed E-state index contributed by atoms with van der Waals surface area (Å²) in [4.78, 5) is 0. The molecule has 3 nitrogen and oxygen atoms in total. The van der Waals surface area contributed by atoms with Crippen LogP contribution in [0.1, 0.15) is 46.0 Å². The van der Waals surface area contributed by atoms with Crippen LogP contribution in [0.5, 0.6) is 0 Å². The SMILES string of the molecule is CCNC(C1CCC1)C1(OCC)CCOCC1. The maximum absolute atomic E-state index is 6.20. The van der Waals surface area contributed by atoms with E-state index in [-0.39, 0.29) is 5.60 Å². The second-order valence-electron chi connectivity index (χ2n) is 5.34. The van der Waals surface area contributed by atoms with Crippen molar-refractivity contribution in [2.24, 2.45) is 5.92 Å². The predicted octanol–water partition coefficient (Wildman–Crippen LogP) is 2.35. The van der Waals surface area contributed by atoms with Crippen molar-refractivity contribution in [2.75, 3.05) is 26.4 Å². The van der Waals surface area contributed by atoms with Gasteiger partial charge in [0.15, 0.2) is 0 Å². The maximum Gasteiger partial charge on any atom is 0.0881 e. The molecular weight excluding hydrogens is 214 g/mol. The summed E-state index contributed by atoms with van der Waals surface area (Å²) in [6.45, 7) is 7.88. The van der Waals surface area contributed by atoms with E-state index in [9.17, 15) is 0 Å². The molecule has 1 saturated carbocycles. The quantitative estimate of drug-likeness (QED) is 0.774. The number of likely N-dealkylation sites (N-methyl/N-ethyl adjacent to an activating group) is 1. The Hall–Kier alpha value is -0.120. The van der Waals surface area contributed by atoms with Gasteiger partial charge in [-0.1, -0.05) is 13.3 Å². The molecule has 1 aliphatic carbocycles. The molecule has 1 N–H and O–H groups in total. The third kappa shape index (κ3) is 2.83. The van der Waals surface area contributed by atoms with Crippen molar-refractivity contribution >= 4 is 0 Å². The molecule has 0 bridgehead atoms. The van der Waals surface area contributed by atoms with Gasteiger partial charge in [-0.2, -0.15) is 0 Å². The number of rotatable bonds is 6. The summed E-state index contributed by atoms with van der Waals surface area (Å²) in [6.07, 6.45) is 6.23. The van der Waals surface area contributed by atoms with Crippen molar-refractivity contribution in [3.63, 3.8) is 0 Å². The van der Waals surface area contributed by atoms with Gasteiger partial charge in [-0.15, -0.1) is 0 Å². The van der Waals surface area contributed by atoms with Gasteiger partial charge in [0, 0.05) is 38.7 Å². The molecule has 3 heteroatoms. The van der Waals surface area contributed by atoms with Gasteiger partial charge in [0.05, 0.1) is 5.60 Å². The average molecular weight is 241 g/mol. The smallest absolute Gasteiger partial charge is 0.0881 e. The molecule has 2 aliphatic rings. The van der Waals surface area contributed by atoms with Gasteiger partial charge in [-0.3, -0.25) is 0 Å². The van der Waals surface area contributed by atoms with Crippen molar-refractivity contribution in [1.29, 1.82) is 0 Å². The van der Waals surface area contributed by atoms with Gasteiger partial charge in [-0.05, 0) is 32.2 Å². The summed E-state index contributed by atoms with van der Waals surface area (Å²) in [6, 6.07) is 0.532. The first-order chi connectivity index (χ1) is 8.32. The first kappa shape index (κ1) is 13.3. The van der Waals surface area contributed by atoms with Crippen LogP contribution in [0.2, 0.25) is 0 Å². The first-order valence-corrected chi connectivity index (χ1v) is 7.27. The fourth-order valence-electron chi connectivity index (χ4n) is 3.32. The van der Waals surface area contributed by atoms with E-state index < -0.39 is 0 Å². The largest absolute Gasteiger partial charge is 0.381 e. The van der Waals surface area contributed by atoms with Crippen LogP contribution < -0.4 is 5.32 Å². The van der Waals surface area contributed by atoms with Crippen LogP contribution in [-0.2, 0) is 9.47 Å². The molecule has 0 aromatic rings. The Morgan fingerprint density at radius 3 is 2.47 bits per heavy atom. The number of hydrogen-bond acceptors (Lipinski definition) is 3. The Bertz CT molecular complexity index is 217. The molecule has 1 heterocycles. The molecule has 17 heavy (non-hydrogen) atoms. The lowest BCUT2D eigenvalue weighted by Crippen LogP contribution is -2.59. The first-order valence-electron chi connectivity index (χ1n) is 7.27. The lowest BCUT2D eigenvalue weighted by Gasteiger charge is -2.49. The lowest BCUT2D eigenvalue weighted by atomic mass is 9.70. The molecule has 0 radical (unpaired) electrons. The van der Waals surface area contributed by atoms with E-state index in [1.807, 2.05) is 0 Å². The number of hydrogen-bond donors (Lipinski definition) is 1. The fraction of sp³-hybridized carbons (Fsp3) is 1.00. The van der Waals surface area contributed by atoms with E-state index in [0.29, 0.717) is 6.04 Å². The summed E-state index contributed by atoms with van der Waals surface area (Å²) in [5, 5.41) is 3.70. The van der Waals surface area contributed by atoms with E-state index in [2.05, 4.69) is 19.2 Å². The molecule has 2 rings (SSSR count). The highest BCUT2D eigenvalue weighted by atomic mass is 16.5. The summed E-state index contributed by atoms with van der Waals surface area (Å²) in [5.74, 6) is 0.819. The highest BCUT2D eigenvalue weighted by molar-refractivity contribution is 5.00. The Balaban J connectivity index is 2.08. The summed E-state index contributed by atoms with van der Waals surface area (Å²) >= 11 is 0. The van der Waals surface area contributed by atoms with Gasteiger partial charge in [0.2, 0.25) is 0 Å². The Morgan fingerprint density at radius 1 is 1.29 bits per heavy atom. The van der Waals surface area contributed by atoms with Gasteiger partial charge < -0.3 is 14.8 Å². The topological polar surface area (TPSA) is 30.5 Å². The maximum atomic E-state index is 6.20. The Kier molecular flexibility index (Phi) is 4.83. The zero-order chi connectivity index (χ0) is 12.1. The second kappa shape index (κ2) is 6.17. The van der Waals surface area contributed by atoms with Crippen molar-refractivity contribution < 1.29 is 9.47 Å². The molecule has 1 saturated heterocycles. The Labute approximate surface area is 105 Å². The predicted molar refractivity (Wildman–Crippen MR) is 69.2 cm³/mol. The Morgan fingerprint density at radius 2 is 2.00 bits per heavy atom. The molecule has 2 fully saturated rings. The van der Waals surface area contributed by atoms with Crippen LogP contribution in [0.3, 0.4) is 0 Å². The number of ether oxygens (including phenoxy) is 2. The second-order valence-corrected chi connectivity index (χ2v) is 5.34. The third-order valence-electron chi connectivity index (χ3n) is 4.38. The normalized spacial score (nSPS) is 26.5. The molecular formula is C14H27NO2. The van der Waals surface area contributed by atoms with Crippen LogP contribution in [0.25, 0.3) is 0 Å². The zero-order valence-corrected chi connectivity index (χ0v) is 11.3. The molecule has 1 atom stereocenters. The highest BCUT2D eigenvalue weighted by Gasteiger charge is 2.45. The van der Waals surface area contributed by atoms with E-state index in [4.69, 9.17) is 9.47 Å². The molecule has 0 spiro atoms. The minimum absolute atomic E-state index is 0.0358.